The topological polar surface area (TPSA) is 126 Å². The first-order chi connectivity index (χ1) is 17.5. The zero-order valence-corrected chi connectivity index (χ0v) is 18.7. The third-order valence-corrected chi connectivity index (χ3v) is 5.50. The SMILES string of the molecule is O=C(O)c1cc(-c2ccc(-c3cc(C(=O)O)nc(-c4ccccn4)c3)cc2)cc(-c2ccccn2)n1. The van der Waals surface area contributed by atoms with Gasteiger partial charge in [-0.15, -0.1) is 0 Å². The number of pyridine rings is 4. The van der Waals surface area contributed by atoms with Gasteiger partial charge >= 0.3 is 11.9 Å². The summed E-state index contributed by atoms with van der Waals surface area (Å²) in [6.07, 6.45) is 3.25. The van der Waals surface area contributed by atoms with Gasteiger partial charge in [-0.05, 0) is 70.8 Å². The molecule has 4 heterocycles. The molecule has 8 nitrogen and oxygen atoms in total. The average Bonchev–Trinajstić information content (AvgIpc) is 2.93. The van der Waals surface area contributed by atoms with E-state index in [4.69, 9.17) is 0 Å². The number of carbonyl (C=O) groups is 2. The standard InChI is InChI=1S/C28H18N4O4/c33-27(34)25-15-19(13-23(31-25)21-5-1-3-11-29-21)17-7-9-18(10-8-17)20-14-24(22-6-2-4-12-30-22)32-26(16-20)28(35)36/h1-16H,(H,33,34)(H,35,36). The van der Waals surface area contributed by atoms with E-state index in [1.807, 2.05) is 36.4 Å². The summed E-state index contributed by atoms with van der Waals surface area (Å²) in [4.78, 5) is 40.4. The Hall–Kier alpha value is -5.24. The van der Waals surface area contributed by atoms with Crippen LogP contribution in [0.25, 0.3) is 45.0 Å². The molecule has 0 atom stereocenters. The number of rotatable bonds is 6. The number of hydrogen-bond donors (Lipinski definition) is 2. The lowest BCUT2D eigenvalue weighted by atomic mass is 9.98. The Morgan fingerprint density at radius 2 is 0.917 bits per heavy atom. The maximum absolute atomic E-state index is 11.7. The van der Waals surface area contributed by atoms with E-state index in [1.165, 1.54) is 12.1 Å². The number of benzene rings is 1. The van der Waals surface area contributed by atoms with Crippen LogP contribution in [0.2, 0.25) is 0 Å². The minimum atomic E-state index is -1.13. The van der Waals surface area contributed by atoms with Gasteiger partial charge < -0.3 is 10.2 Å². The molecule has 0 bridgehead atoms. The van der Waals surface area contributed by atoms with Crippen molar-refractivity contribution in [2.75, 3.05) is 0 Å². The Labute approximate surface area is 205 Å². The quantitative estimate of drug-likeness (QED) is 0.338. The molecule has 5 aromatic rings. The Morgan fingerprint density at radius 3 is 1.25 bits per heavy atom. The minimum Gasteiger partial charge on any atom is -0.477 e. The molecule has 2 N–H and O–H groups in total. The number of carboxylic acid groups (broad SMARTS) is 2. The van der Waals surface area contributed by atoms with E-state index < -0.39 is 11.9 Å². The van der Waals surface area contributed by atoms with E-state index in [1.54, 1.807) is 48.8 Å². The van der Waals surface area contributed by atoms with Crippen LogP contribution in [0.15, 0.2) is 97.3 Å². The van der Waals surface area contributed by atoms with E-state index in [0.29, 0.717) is 33.9 Å². The number of hydrogen-bond acceptors (Lipinski definition) is 6. The molecule has 0 spiro atoms. The average molecular weight is 474 g/mol. The highest BCUT2D eigenvalue weighted by Gasteiger charge is 2.14. The van der Waals surface area contributed by atoms with Crippen LogP contribution in [-0.4, -0.2) is 42.1 Å². The van der Waals surface area contributed by atoms with Gasteiger partial charge in [-0.2, -0.15) is 0 Å². The fourth-order valence-corrected chi connectivity index (χ4v) is 3.76. The van der Waals surface area contributed by atoms with Crippen molar-refractivity contribution in [3.05, 3.63) is 109 Å². The highest BCUT2D eigenvalue weighted by molar-refractivity contribution is 5.90. The van der Waals surface area contributed by atoms with Crippen LogP contribution >= 0.6 is 0 Å². The number of nitrogens with zero attached hydrogens (tertiary/aromatic N) is 4. The Balaban J connectivity index is 1.55. The van der Waals surface area contributed by atoms with Crippen LogP contribution in [0.3, 0.4) is 0 Å². The van der Waals surface area contributed by atoms with Crippen molar-refractivity contribution in [3.8, 4) is 45.0 Å². The van der Waals surface area contributed by atoms with Crippen LogP contribution in [0.5, 0.6) is 0 Å². The zero-order chi connectivity index (χ0) is 25.1. The number of aromatic nitrogens is 4. The van der Waals surface area contributed by atoms with E-state index in [0.717, 1.165) is 11.1 Å². The molecule has 5 rings (SSSR count). The summed E-state index contributed by atoms with van der Waals surface area (Å²) in [6.45, 7) is 0. The summed E-state index contributed by atoms with van der Waals surface area (Å²) in [5.74, 6) is -2.27. The van der Waals surface area contributed by atoms with Gasteiger partial charge in [0, 0.05) is 12.4 Å². The molecule has 1 aromatic carbocycles. The molecule has 0 aliphatic carbocycles. The summed E-state index contributed by atoms with van der Waals surface area (Å²) in [6, 6.07) is 24.7. The van der Waals surface area contributed by atoms with Crippen LogP contribution < -0.4 is 0 Å². The maximum Gasteiger partial charge on any atom is 0.354 e. The largest absolute Gasteiger partial charge is 0.477 e. The number of carboxylic acids is 2. The first-order valence-electron chi connectivity index (χ1n) is 10.9. The second-order valence-electron chi connectivity index (χ2n) is 7.87. The zero-order valence-electron chi connectivity index (χ0n) is 18.7. The van der Waals surface area contributed by atoms with Gasteiger partial charge in [0.15, 0.2) is 0 Å². The monoisotopic (exact) mass is 474 g/mol. The molecular formula is C28H18N4O4. The highest BCUT2D eigenvalue weighted by atomic mass is 16.4. The third-order valence-electron chi connectivity index (χ3n) is 5.50. The molecule has 0 saturated heterocycles. The van der Waals surface area contributed by atoms with E-state index in [2.05, 4.69) is 19.9 Å². The van der Waals surface area contributed by atoms with Crippen LogP contribution in [0.4, 0.5) is 0 Å². The molecule has 0 saturated carbocycles. The Morgan fingerprint density at radius 1 is 0.500 bits per heavy atom. The smallest absolute Gasteiger partial charge is 0.354 e. The number of aromatic carboxylic acids is 2. The molecule has 0 aliphatic rings. The Bertz CT molecular complexity index is 1450. The summed E-state index contributed by atoms with van der Waals surface area (Å²) in [7, 11) is 0. The van der Waals surface area contributed by atoms with Crippen molar-refractivity contribution in [1.29, 1.82) is 0 Å². The highest BCUT2D eigenvalue weighted by Crippen LogP contribution is 2.30. The molecular weight excluding hydrogens is 456 g/mol. The van der Waals surface area contributed by atoms with Crippen molar-refractivity contribution >= 4 is 11.9 Å². The fraction of sp³-hybridized carbons (Fsp3) is 0. The van der Waals surface area contributed by atoms with E-state index >= 15 is 0 Å². The molecule has 0 fully saturated rings. The van der Waals surface area contributed by atoms with Crippen LogP contribution in [-0.2, 0) is 0 Å². The lowest BCUT2D eigenvalue weighted by Crippen LogP contribution is -2.03. The molecule has 0 radical (unpaired) electrons. The molecule has 4 aromatic heterocycles. The first kappa shape index (κ1) is 22.5. The van der Waals surface area contributed by atoms with Gasteiger partial charge in [-0.1, -0.05) is 36.4 Å². The molecule has 174 valence electrons. The Kier molecular flexibility index (Phi) is 5.98. The third kappa shape index (κ3) is 4.69. The van der Waals surface area contributed by atoms with E-state index in [-0.39, 0.29) is 11.4 Å². The van der Waals surface area contributed by atoms with Gasteiger partial charge in [0.1, 0.15) is 11.4 Å². The molecule has 8 heteroatoms. The normalized spacial score (nSPS) is 10.7. The first-order valence-corrected chi connectivity index (χ1v) is 10.9. The van der Waals surface area contributed by atoms with Crippen LogP contribution in [0.1, 0.15) is 21.0 Å². The predicted molar refractivity (Wildman–Crippen MR) is 133 cm³/mol. The van der Waals surface area contributed by atoms with Gasteiger partial charge in [-0.25, -0.2) is 19.6 Å². The summed E-state index contributed by atoms with van der Waals surface area (Å²) >= 11 is 0. The molecule has 36 heavy (non-hydrogen) atoms. The van der Waals surface area contributed by atoms with Crippen LogP contribution in [0, 0.1) is 0 Å². The minimum absolute atomic E-state index is 0.0857. The van der Waals surface area contributed by atoms with Gasteiger partial charge in [0.25, 0.3) is 0 Å². The van der Waals surface area contributed by atoms with Crippen molar-refractivity contribution in [2.45, 2.75) is 0 Å². The summed E-state index contributed by atoms with van der Waals surface area (Å²) < 4.78 is 0. The molecule has 0 unspecified atom stereocenters. The van der Waals surface area contributed by atoms with Crippen molar-refractivity contribution in [3.63, 3.8) is 0 Å². The van der Waals surface area contributed by atoms with Gasteiger partial charge in [-0.3, -0.25) is 9.97 Å². The summed E-state index contributed by atoms with van der Waals surface area (Å²) in [5.41, 5.74) is 4.77. The second kappa shape index (κ2) is 9.55. The summed E-state index contributed by atoms with van der Waals surface area (Å²) in [5, 5.41) is 19.1. The maximum atomic E-state index is 11.7. The predicted octanol–water partition coefficient (Wildman–Crippen LogP) is 5.33. The van der Waals surface area contributed by atoms with Gasteiger partial charge in [0.2, 0.25) is 0 Å². The molecule has 0 aliphatic heterocycles. The van der Waals surface area contributed by atoms with E-state index in [9.17, 15) is 19.8 Å². The lowest BCUT2D eigenvalue weighted by molar-refractivity contribution is 0.0680. The second-order valence-corrected chi connectivity index (χ2v) is 7.87. The van der Waals surface area contributed by atoms with Gasteiger partial charge in [0.05, 0.1) is 22.8 Å². The lowest BCUT2D eigenvalue weighted by Gasteiger charge is -2.10. The fourth-order valence-electron chi connectivity index (χ4n) is 3.76. The van der Waals surface area contributed by atoms with Crippen molar-refractivity contribution in [2.24, 2.45) is 0 Å². The molecule has 0 amide bonds. The van der Waals surface area contributed by atoms with Crippen molar-refractivity contribution in [1.82, 2.24) is 19.9 Å². The van der Waals surface area contributed by atoms with Crippen molar-refractivity contribution < 1.29 is 19.8 Å².